The smallest absolute Gasteiger partial charge is 0.369 e. The molecule has 0 aliphatic rings. The van der Waals surface area contributed by atoms with Crippen molar-refractivity contribution in [1.82, 2.24) is 4.98 Å². The van der Waals surface area contributed by atoms with Crippen LogP contribution >= 0.6 is 23.1 Å². The van der Waals surface area contributed by atoms with Crippen molar-refractivity contribution >= 4 is 32.4 Å². The number of rotatable bonds is 2. The molecular formula is C5H5Cl2NO3S. The molecule has 7 heteroatoms. The third kappa shape index (κ3) is 4.38. The van der Waals surface area contributed by atoms with Crippen molar-refractivity contribution in [3.63, 3.8) is 0 Å². The van der Waals surface area contributed by atoms with Gasteiger partial charge in [-0.25, -0.2) is 0 Å². The van der Waals surface area contributed by atoms with Crippen LogP contribution in [0.3, 0.4) is 0 Å². The van der Waals surface area contributed by atoms with Crippen LogP contribution in [0.2, 0.25) is 0 Å². The lowest BCUT2D eigenvalue weighted by Gasteiger charge is -1.97. The van der Waals surface area contributed by atoms with Gasteiger partial charge in [0.25, 0.3) is 0 Å². The Balaban J connectivity index is 0.00000121. The summed E-state index contributed by atoms with van der Waals surface area (Å²) in [5, 5.41) is 0. The summed E-state index contributed by atoms with van der Waals surface area (Å²) in [6, 6.07) is 2.98. The highest BCUT2D eigenvalue weighted by molar-refractivity contribution is 8.10. The lowest BCUT2D eigenvalue weighted by atomic mass is 10.5. The lowest BCUT2D eigenvalue weighted by molar-refractivity contribution is 0.502. The van der Waals surface area contributed by atoms with E-state index >= 15 is 0 Å². The fraction of sp³-hybridized carbons (Fsp3) is 0. The van der Waals surface area contributed by atoms with E-state index < -0.39 is 9.33 Å². The van der Waals surface area contributed by atoms with E-state index in [1.54, 1.807) is 0 Å². The molecule has 0 saturated carbocycles. The van der Waals surface area contributed by atoms with E-state index in [-0.39, 0.29) is 18.2 Å². The van der Waals surface area contributed by atoms with Gasteiger partial charge in [0.05, 0.1) is 16.9 Å². The Bertz CT molecular complexity index is 326. The molecule has 4 nitrogen and oxygen atoms in total. The summed E-state index contributed by atoms with van der Waals surface area (Å²) in [5.41, 5.74) is 0. The lowest BCUT2D eigenvalue weighted by Crippen LogP contribution is -1.99. The molecule has 0 amide bonds. The standard InChI is InChI=1S/C5H4ClNO3S.ClH/c6-11(8,9)10-5-2-1-3-7-4-5;/h1-4H;1H. The first-order valence-electron chi connectivity index (χ1n) is 2.62. The first-order chi connectivity index (χ1) is 5.08. The molecule has 0 fully saturated rings. The summed E-state index contributed by atoms with van der Waals surface area (Å²) in [4.78, 5) is 3.62. The van der Waals surface area contributed by atoms with Crippen molar-refractivity contribution in [3.8, 4) is 5.75 Å². The predicted octanol–water partition coefficient (Wildman–Crippen LogP) is 1.37. The number of halogens is 2. The van der Waals surface area contributed by atoms with Gasteiger partial charge in [0.1, 0.15) is 0 Å². The third-order valence-electron chi connectivity index (χ3n) is 0.830. The van der Waals surface area contributed by atoms with Crippen LogP contribution in [-0.4, -0.2) is 13.4 Å². The highest BCUT2D eigenvalue weighted by Gasteiger charge is 2.05. The van der Waals surface area contributed by atoms with Crippen LogP contribution in [0.1, 0.15) is 0 Å². The minimum absolute atomic E-state index is 0. The highest BCUT2D eigenvalue weighted by Crippen LogP contribution is 2.11. The van der Waals surface area contributed by atoms with Gasteiger partial charge in [-0.2, -0.15) is 8.42 Å². The number of hydrogen-bond acceptors (Lipinski definition) is 4. The molecule has 0 unspecified atom stereocenters. The average Bonchev–Trinajstić information content (AvgIpc) is 1.85. The zero-order valence-electron chi connectivity index (χ0n) is 5.68. The van der Waals surface area contributed by atoms with Gasteiger partial charge >= 0.3 is 9.33 Å². The van der Waals surface area contributed by atoms with Gasteiger partial charge in [0.2, 0.25) is 0 Å². The molecule has 1 aromatic rings. The summed E-state index contributed by atoms with van der Waals surface area (Å²) >= 11 is 0. The van der Waals surface area contributed by atoms with Crippen molar-refractivity contribution in [3.05, 3.63) is 24.5 Å². The molecule has 0 aliphatic heterocycles. The Morgan fingerprint density at radius 1 is 1.50 bits per heavy atom. The number of hydrogen-bond donors (Lipinski definition) is 0. The topological polar surface area (TPSA) is 56.3 Å². The minimum Gasteiger partial charge on any atom is -0.369 e. The molecule has 0 radical (unpaired) electrons. The van der Waals surface area contributed by atoms with Crippen molar-refractivity contribution in [1.29, 1.82) is 0 Å². The van der Waals surface area contributed by atoms with Gasteiger partial charge in [-0.3, -0.25) is 4.98 Å². The first kappa shape index (κ1) is 11.5. The second-order valence-corrected chi connectivity index (χ2v) is 3.75. The molecule has 68 valence electrons. The monoisotopic (exact) mass is 229 g/mol. The molecule has 0 spiro atoms. The van der Waals surface area contributed by atoms with Gasteiger partial charge in [-0.1, -0.05) is 0 Å². The van der Waals surface area contributed by atoms with Crippen LogP contribution in [0, 0.1) is 0 Å². The van der Waals surface area contributed by atoms with Gasteiger partial charge in [0, 0.05) is 6.20 Å². The van der Waals surface area contributed by atoms with Gasteiger partial charge in [-0.15, -0.1) is 12.4 Å². The maximum Gasteiger partial charge on any atom is 0.401 e. The largest absolute Gasteiger partial charge is 0.401 e. The Hall–Kier alpha value is -0.520. The first-order valence-corrected chi connectivity index (χ1v) is 4.85. The molecular weight excluding hydrogens is 225 g/mol. The fourth-order valence-electron chi connectivity index (χ4n) is 0.511. The SMILES string of the molecule is Cl.O=S(=O)(Cl)Oc1cccnc1. The van der Waals surface area contributed by atoms with Crippen LogP contribution < -0.4 is 4.18 Å². The molecule has 1 rings (SSSR count). The van der Waals surface area contributed by atoms with E-state index in [1.807, 2.05) is 0 Å². The van der Waals surface area contributed by atoms with Crippen LogP contribution in [0.25, 0.3) is 0 Å². The normalized spacial score (nSPS) is 10.1. The molecule has 0 N–H and O–H groups in total. The molecule has 0 aliphatic carbocycles. The van der Waals surface area contributed by atoms with Crippen molar-refractivity contribution < 1.29 is 12.6 Å². The van der Waals surface area contributed by atoms with Crippen molar-refractivity contribution in [2.24, 2.45) is 0 Å². The average molecular weight is 230 g/mol. The quantitative estimate of drug-likeness (QED) is 0.720. The van der Waals surface area contributed by atoms with Crippen LogP contribution in [0.5, 0.6) is 5.75 Å². The molecule has 12 heavy (non-hydrogen) atoms. The highest BCUT2D eigenvalue weighted by atomic mass is 35.7. The number of pyridine rings is 1. The van der Waals surface area contributed by atoms with Crippen molar-refractivity contribution in [2.75, 3.05) is 0 Å². The maximum atomic E-state index is 10.3. The second-order valence-electron chi connectivity index (χ2n) is 1.67. The Labute approximate surface area is 80.6 Å². The summed E-state index contributed by atoms with van der Waals surface area (Å²) in [6.45, 7) is 0. The summed E-state index contributed by atoms with van der Waals surface area (Å²) in [5.74, 6) is 0.0995. The molecule has 1 heterocycles. The van der Waals surface area contributed by atoms with E-state index in [0.29, 0.717) is 0 Å². The molecule has 0 aromatic carbocycles. The second kappa shape index (κ2) is 4.49. The zero-order chi connectivity index (χ0) is 8.32. The van der Waals surface area contributed by atoms with Crippen LogP contribution in [0.4, 0.5) is 0 Å². The maximum absolute atomic E-state index is 10.3. The van der Waals surface area contributed by atoms with E-state index in [0.717, 1.165) is 0 Å². The molecule has 0 atom stereocenters. The minimum atomic E-state index is -3.94. The van der Waals surface area contributed by atoms with Crippen molar-refractivity contribution in [2.45, 2.75) is 0 Å². The van der Waals surface area contributed by atoms with Gasteiger partial charge in [0.15, 0.2) is 5.75 Å². The Kier molecular flexibility index (Phi) is 4.30. The zero-order valence-corrected chi connectivity index (χ0v) is 8.06. The molecule has 1 aromatic heterocycles. The Morgan fingerprint density at radius 3 is 2.58 bits per heavy atom. The third-order valence-corrected chi connectivity index (χ3v) is 1.41. The fourth-order valence-corrected chi connectivity index (χ4v) is 1.06. The predicted molar refractivity (Wildman–Crippen MR) is 46.9 cm³/mol. The van der Waals surface area contributed by atoms with E-state index in [9.17, 15) is 8.42 Å². The summed E-state index contributed by atoms with van der Waals surface area (Å²) < 4.78 is 24.9. The molecule has 0 saturated heterocycles. The summed E-state index contributed by atoms with van der Waals surface area (Å²) in [7, 11) is 0.845. The van der Waals surface area contributed by atoms with Crippen LogP contribution in [-0.2, 0) is 9.33 Å². The molecule has 0 bridgehead atoms. The van der Waals surface area contributed by atoms with Gasteiger partial charge in [-0.05, 0) is 12.1 Å². The van der Waals surface area contributed by atoms with Gasteiger partial charge < -0.3 is 4.18 Å². The number of nitrogens with zero attached hydrogens (tertiary/aromatic N) is 1. The number of aromatic nitrogens is 1. The summed E-state index contributed by atoms with van der Waals surface area (Å²) in [6.07, 6.45) is 2.74. The van der Waals surface area contributed by atoms with Crippen LogP contribution in [0.15, 0.2) is 24.5 Å². The van der Waals surface area contributed by atoms with E-state index in [4.69, 9.17) is 10.7 Å². The Morgan fingerprint density at radius 2 is 2.17 bits per heavy atom. The van der Waals surface area contributed by atoms with E-state index in [1.165, 1.54) is 24.5 Å². The van der Waals surface area contributed by atoms with E-state index in [2.05, 4.69) is 9.17 Å².